The van der Waals surface area contributed by atoms with E-state index in [0.717, 1.165) is 12.5 Å². The Morgan fingerprint density at radius 3 is 2.59 bits per heavy atom. The fourth-order valence-corrected chi connectivity index (χ4v) is 3.49. The number of halogens is 4. The van der Waals surface area contributed by atoms with Crippen LogP contribution in [0.2, 0.25) is 5.02 Å². The van der Waals surface area contributed by atoms with Crippen molar-refractivity contribution >= 4 is 11.6 Å². The summed E-state index contributed by atoms with van der Waals surface area (Å²) < 4.78 is 44.7. The molecular weight excluding hydrogens is 383 g/mol. The highest BCUT2D eigenvalue weighted by atomic mass is 35.5. The van der Waals surface area contributed by atoms with Gasteiger partial charge in [-0.3, -0.25) is 0 Å². The van der Waals surface area contributed by atoms with Gasteiger partial charge < -0.3 is 15.6 Å². The largest absolute Gasteiger partial charge is 0.486 e. The van der Waals surface area contributed by atoms with E-state index in [-0.39, 0.29) is 35.5 Å². The van der Waals surface area contributed by atoms with Crippen LogP contribution >= 0.6 is 11.6 Å². The first-order chi connectivity index (χ1) is 12.7. The van der Waals surface area contributed by atoms with Crippen molar-refractivity contribution in [2.45, 2.75) is 43.5 Å². The molecule has 1 aromatic carbocycles. The predicted molar refractivity (Wildman–Crippen MR) is 93.4 cm³/mol. The molecule has 1 saturated carbocycles. The minimum absolute atomic E-state index is 0.0170. The van der Waals surface area contributed by atoms with Gasteiger partial charge in [0.05, 0.1) is 24.6 Å². The van der Waals surface area contributed by atoms with Gasteiger partial charge in [-0.2, -0.15) is 13.2 Å². The second-order valence-corrected chi connectivity index (χ2v) is 7.20. The summed E-state index contributed by atoms with van der Waals surface area (Å²) in [6.45, 7) is -0.443. The molecule has 1 fully saturated rings. The van der Waals surface area contributed by atoms with E-state index in [9.17, 15) is 18.3 Å². The Bertz CT molecular complexity index is 801. The third-order valence-electron chi connectivity index (χ3n) is 4.78. The molecule has 9 heteroatoms. The summed E-state index contributed by atoms with van der Waals surface area (Å²) in [5.74, 6) is 0.861. The molecule has 146 valence electrons. The molecule has 0 spiro atoms. The zero-order chi connectivity index (χ0) is 19.7. The molecule has 1 aliphatic carbocycles. The Labute approximate surface area is 159 Å². The molecule has 0 saturated heterocycles. The van der Waals surface area contributed by atoms with Gasteiger partial charge in [0.2, 0.25) is 0 Å². The van der Waals surface area contributed by atoms with Crippen LogP contribution in [0.1, 0.15) is 42.1 Å². The quantitative estimate of drug-likeness (QED) is 0.798. The molecule has 0 radical (unpaired) electrons. The van der Waals surface area contributed by atoms with E-state index in [4.69, 9.17) is 22.1 Å². The van der Waals surface area contributed by atoms with Crippen LogP contribution in [-0.2, 0) is 12.8 Å². The van der Waals surface area contributed by atoms with Gasteiger partial charge in [-0.05, 0) is 31.4 Å². The van der Waals surface area contributed by atoms with E-state index in [1.165, 1.54) is 24.5 Å². The number of nitrogens with two attached hydrogens (primary N) is 1. The summed E-state index contributed by atoms with van der Waals surface area (Å²) in [6, 6.07) is 3.60. The average Bonchev–Trinajstić information content (AvgIpc) is 3.03. The molecule has 1 aliphatic rings. The van der Waals surface area contributed by atoms with Crippen molar-refractivity contribution < 1.29 is 23.0 Å². The van der Waals surface area contributed by atoms with Gasteiger partial charge in [-0.25, -0.2) is 9.97 Å². The monoisotopic (exact) mass is 401 g/mol. The highest BCUT2D eigenvalue weighted by Gasteiger charge is 2.37. The second kappa shape index (κ2) is 7.61. The summed E-state index contributed by atoms with van der Waals surface area (Å²) in [7, 11) is 0. The van der Waals surface area contributed by atoms with E-state index in [2.05, 4.69) is 9.97 Å². The summed E-state index contributed by atoms with van der Waals surface area (Å²) >= 11 is 5.91. The van der Waals surface area contributed by atoms with Gasteiger partial charge in [0, 0.05) is 22.0 Å². The Balaban J connectivity index is 1.69. The second-order valence-electron chi connectivity index (χ2n) is 6.79. The SMILES string of the molecule is NC1(CO)CCC(c2ncc(OCc3c(Cl)cccc3C(F)(F)F)cn2)C1. The summed E-state index contributed by atoms with van der Waals surface area (Å²) in [6.07, 6.45) is 0.351. The van der Waals surface area contributed by atoms with Gasteiger partial charge in [-0.15, -0.1) is 0 Å². The van der Waals surface area contributed by atoms with Crippen LogP contribution in [0.3, 0.4) is 0 Å². The van der Waals surface area contributed by atoms with E-state index < -0.39 is 17.3 Å². The summed E-state index contributed by atoms with van der Waals surface area (Å²) in [4.78, 5) is 8.48. The molecule has 2 unspecified atom stereocenters. The lowest BCUT2D eigenvalue weighted by atomic mass is 9.98. The number of rotatable bonds is 5. The van der Waals surface area contributed by atoms with Crippen LogP contribution in [0.25, 0.3) is 0 Å². The van der Waals surface area contributed by atoms with Crippen molar-refractivity contribution in [1.29, 1.82) is 0 Å². The van der Waals surface area contributed by atoms with E-state index in [1.54, 1.807) is 0 Å². The predicted octanol–water partition coefficient (Wildman–Crippen LogP) is 3.69. The standard InChI is InChI=1S/C18H19ClF3N3O2/c19-15-3-1-2-14(18(20,21)22)13(15)9-27-12-7-24-16(25-8-12)11-4-5-17(23,6-11)10-26/h1-3,7-8,11,26H,4-6,9-10,23H2. The number of hydrogen-bond donors (Lipinski definition) is 2. The zero-order valence-corrected chi connectivity index (χ0v) is 15.1. The number of nitrogens with zero attached hydrogens (tertiary/aromatic N) is 2. The highest BCUT2D eigenvalue weighted by molar-refractivity contribution is 6.31. The van der Waals surface area contributed by atoms with E-state index in [0.29, 0.717) is 18.7 Å². The first kappa shape index (κ1) is 19.9. The van der Waals surface area contributed by atoms with Gasteiger partial charge in [-0.1, -0.05) is 17.7 Å². The first-order valence-corrected chi connectivity index (χ1v) is 8.79. The molecule has 3 rings (SSSR count). The highest BCUT2D eigenvalue weighted by Crippen LogP contribution is 2.38. The minimum atomic E-state index is -4.52. The van der Waals surface area contributed by atoms with Gasteiger partial charge >= 0.3 is 6.18 Å². The molecule has 0 aliphatic heterocycles. The Morgan fingerprint density at radius 2 is 2.00 bits per heavy atom. The third-order valence-corrected chi connectivity index (χ3v) is 5.13. The molecule has 2 aromatic rings. The maximum Gasteiger partial charge on any atom is 0.416 e. The molecule has 5 nitrogen and oxygen atoms in total. The number of benzene rings is 1. The first-order valence-electron chi connectivity index (χ1n) is 8.41. The van der Waals surface area contributed by atoms with Gasteiger partial charge in [0.15, 0.2) is 5.75 Å². The van der Waals surface area contributed by atoms with Gasteiger partial charge in [0.1, 0.15) is 12.4 Å². The van der Waals surface area contributed by atoms with E-state index in [1.807, 2.05) is 0 Å². The fraction of sp³-hybridized carbons (Fsp3) is 0.444. The Hall–Kier alpha value is -1.90. The fourth-order valence-electron chi connectivity index (χ4n) is 3.26. The van der Waals surface area contributed by atoms with Gasteiger partial charge in [0.25, 0.3) is 0 Å². The molecule has 27 heavy (non-hydrogen) atoms. The van der Waals surface area contributed by atoms with Crippen molar-refractivity contribution in [2.75, 3.05) is 6.61 Å². The molecule has 0 amide bonds. The molecule has 2 atom stereocenters. The zero-order valence-electron chi connectivity index (χ0n) is 14.3. The molecule has 3 N–H and O–H groups in total. The molecular formula is C18H19ClF3N3O2. The maximum absolute atomic E-state index is 13.1. The smallest absolute Gasteiger partial charge is 0.416 e. The van der Waals surface area contributed by atoms with Crippen molar-refractivity contribution in [3.8, 4) is 5.75 Å². The van der Waals surface area contributed by atoms with Crippen LogP contribution in [-0.4, -0.2) is 27.2 Å². The maximum atomic E-state index is 13.1. The molecule has 1 aromatic heterocycles. The lowest BCUT2D eigenvalue weighted by Gasteiger charge is -2.20. The van der Waals surface area contributed by atoms with Crippen molar-refractivity contribution in [2.24, 2.45) is 5.73 Å². The number of aliphatic hydroxyl groups excluding tert-OH is 1. The minimum Gasteiger partial charge on any atom is -0.486 e. The summed E-state index contributed by atoms with van der Waals surface area (Å²) in [5, 5.41) is 9.32. The van der Waals surface area contributed by atoms with Crippen LogP contribution in [0.5, 0.6) is 5.75 Å². The van der Waals surface area contributed by atoms with Crippen LogP contribution in [0, 0.1) is 0 Å². The van der Waals surface area contributed by atoms with Crippen LogP contribution in [0.15, 0.2) is 30.6 Å². The van der Waals surface area contributed by atoms with Crippen LogP contribution < -0.4 is 10.5 Å². The van der Waals surface area contributed by atoms with E-state index >= 15 is 0 Å². The number of alkyl halides is 3. The lowest BCUT2D eigenvalue weighted by molar-refractivity contribution is -0.138. The van der Waals surface area contributed by atoms with Crippen molar-refractivity contribution in [3.05, 3.63) is 52.6 Å². The topological polar surface area (TPSA) is 81.3 Å². The number of aliphatic hydroxyl groups is 1. The molecule has 0 bridgehead atoms. The number of ether oxygens (including phenoxy) is 1. The van der Waals surface area contributed by atoms with Crippen molar-refractivity contribution in [3.63, 3.8) is 0 Å². The van der Waals surface area contributed by atoms with Crippen molar-refractivity contribution in [1.82, 2.24) is 9.97 Å². The number of hydrogen-bond acceptors (Lipinski definition) is 5. The Morgan fingerprint density at radius 1 is 1.30 bits per heavy atom. The normalized spacial score (nSPS) is 22.8. The van der Waals surface area contributed by atoms with Crippen LogP contribution in [0.4, 0.5) is 13.2 Å². The third kappa shape index (κ3) is 4.51. The average molecular weight is 402 g/mol. The Kier molecular flexibility index (Phi) is 5.60. The molecule has 1 heterocycles. The number of aromatic nitrogens is 2. The lowest BCUT2D eigenvalue weighted by Crippen LogP contribution is -2.40. The summed E-state index contributed by atoms with van der Waals surface area (Å²) in [5.41, 5.74) is 4.48.